The Morgan fingerprint density at radius 1 is 1.23 bits per heavy atom. The topological polar surface area (TPSA) is 104 Å². The average Bonchev–Trinajstić information content (AvgIpc) is 3.65. The number of benzene rings is 2. The van der Waals surface area contributed by atoms with Crippen molar-refractivity contribution in [3.05, 3.63) is 77.9 Å². The molecule has 0 radical (unpaired) electrons. The molecule has 1 amide bonds. The fourth-order valence-corrected chi connectivity index (χ4v) is 5.28. The van der Waals surface area contributed by atoms with Gasteiger partial charge in [-0.3, -0.25) is 9.18 Å². The van der Waals surface area contributed by atoms with E-state index in [0.717, 1.165) is 46.7 Å². The molecule has 1 saturated carbocycles. The van der Waals surface area contributed by atoms with Gasteiger partial charge in [-0.25, -0.2) is 14.1 Å². The third-order valence-electron chi connectivity index (χ3n) is 7.61. The molecular weight excluding hydrogens is 578 g/mol. The van der Waals surface area contributed by atoms with Gasteiger partial charge in [-0.15, -0.1) is 0 Å². The van der Waals surface area contributed by atoms with Crippen LogP contribution in [0.25, 0.3) is 27.9 Å². The van der Waals surface area contributed by atoms with Gasteiger partial charge in [0, 0.05) is 58.0 Å². The van der Waals surface area contributed by atoms with Gasteiger partial charge in [0.1, 0.15) is 28.5 Å². The van der Waals surface area contributed by atoms with E-state index in [-0.39, 0.29) is 24.1 Å². The maximum atomic E-state index is 13.6. The zero-order valence-electron chi connectivity index (χ0n) is 24.7. The van der Waals surface area contributed by atoms with Gasteiger partial charge in [0.05, 0.1) is 20.9 Å². The smallest absolute Gasteiger partial charge is 0.333 e. The number of fused-ring (bicyclic) bond motifs is 2. The number of carbonyl (C=O) groups excluding carboxylic acids is 1. The Bertz CT molecular complexity index is 1610. The number of halogens is 4. The molecule has 2 unspecified atom stereocenters. The van der Waals surface area contributed by atoms with Crippen molar-refractivity contribution >= 4 is 23.0 Å². The minimum absolute atomic E-state index is 0.131. The lowest BCUT2D eigenvalue weighted by atomic mass is 9.93. The van der Waals surface area contributed by atoms with E-state index in [2.05, 4.69) is 35.7 Å². The quantitative estimate of drug-likeness (QED) is 0.163. The molecule has 2 aliphatic rings. The number of primary amides is 1. The van der Waals surface area contributed by atoms with Gasteiger partial charge < -0.3 is 20.5 Å². The molecule has 44 heavy (non-hydrogen) atoms. The van der Waals surface area contributed by atoms with E-state index in [9.17, 15) is 17.6 Å². The largest absolute Gasteiger partial charge is 0.494 e. The minimum Gasteiger partial charge on any atom is -0.494 e. The van der Waals surface area contributed by atoms with Crippen LogP contribution >= 0.6 is 0 Å². The van der Waals surface area contributed by atoms with Gasteiger partial charge in [-0.05, 0) is 61.2 Å². The molecule has 6 rings (SSSR count). The number of nitrogens with two attached hydrogens (primary N) is 1. The van der Waals surface area contributed by atoms with Crippen molar-refractivity contribution in [2.24, 2.45) is 11.7 Å². The van der Waals surface area contributed by atoms with Crippen LogP contribution in [0.15, 0.2) is 55.2 Å². The van der Waals surface area contributed by atoms with E-state index in [1.54, 1.807) is 24.3 Å². The average molecular weight is 614 g/mol. The number of nitrogens with one attached hydrogen (secondary N) is 1. The maximum Gasteiger partial charge on any atom is 0.333 e. The van der Waals surface area contributed by atoms with Crippen molar-refractivity contribution in [1.82, 2.24) is 20.1 Å². The molecule has 1 fully saturated rings. The van der Waals surface area contributed by atoms with Gasteiger partial charge in [0.2, 0.25) is 6.41 Å². The lowest BCUT2D eigenvalue weighted by Crippen LogP contribution is -2.22. The molecule has 2 atom stereocenters. The molecule has 2 aromatic carbocycles. The standard InChI is InChI=1S/C30H29F3N4O2.CH3F.CH3NO/c1-16-15-39-29-23(16)12-25(35-28(29)19-6-8-22(31)9-7-19)24(18-4-5-18)13-34-17(2)20-10-21-14-37(30(32)33)36-27(21)26(11-20)38-3;1-2;2-1-3/h6-12,14,16,18,24,30,34H,2,4-5,13,15H2,1,3H3;1H3;1H,(H2,2,3). The molecular formula is C32H35F4N5O3. The Morgan fingerprint density at radius 2 is 1.91 bits per heavy atom. The fourth-order valence-electron chi connectivity index (χ4n) is 5.28. The van der Waals surface area contributed by atoms with E-state index in [4.69, 9.17) is 19.3 Å². The predicted molar refractivity (Wildman–Crippen MR) is 161 cm³/mol. The van der Waals surface area contributed by atoms with Crippen molar-refractivity contribution in [1.29, 1.82) is 0 Å². The van der Waals surface area contributed by atoms with E-state index >= 15 is 0 Å². The molecule has 1 aliphatic heterocycles. The van der Waals surface area contributed by atoms with Gasteiger partial charge in [0.25, 0.3) is 0 Å². The SMILES string of the molecule is C=C(NCC(c1cc2c(c(-c3ccc(F)cc3)n1)OCC2C)C1CC1)c1cc(OC)c2nn(C(F)F)cc2c1.CF.NC=O. The summed E-state index contributed by atoms with van der Waals surface area (Å²) in [4.78, 5) is 13.6. The molecule has 0 spiro atoms. The molecule has 1 aliphatic carbocycles. The van der Waals surface area contributed by atoms with Crippen molar-refractivity contribution in [2.75, 3.05) is 27.4 Å². The molecule has 0 bridgehead atoms. The first-order valence-corrected chi connectivity index (χ1v) is 14.0. The maximum absolute atomic E-state index is 13.6. The summed E-state index contributed by atoms with van der Waals surface area (Å²) in [5.74, 6) is 1.73. The lowest BCUT2D eigenvalue weighted by Gasteiger charge is -2.21. The van der Waals surface area contributed by atoms with E-state index < -0.39 is 6.55 Å². The zero-order valence-corrected chi connectivity index (χ0v) is 24.7. The number of ether oxygens (including phenoxy) is 2. The van der Waals surface area contributed by atoms with Gasteiger partial charge in [-0.1, -0.05) is 13.5 Å². The van der Waals surface area contributed by atoms with Crippen LogP contribution in [0.2, 0.25) is 0 Å². The first-order chi connectivity index (χ1) is 21.2. The molecule has 0 saturated heterocycles. The Kier molecular flexibility index (Phi) is 10.5. The number of pyridine rings is 1. The van der Waals surface area contributed by atoms with Crippen LogP contribution in [0.3, 0.4) is 0 Å². The summed E-state index contributed by atoms with van der Waals surface area (Å²) in [7, 11) is 1.99. The number of alkyl halides is 3. The van der Waals surface area contributed by atoms with Crippen LogP contribution < -0.4 is 20.5 Å². The molecule has 8 nitrogen and oxygen atoms in total. The summed E-state index contributed by atoms with van der Waals surface area (Å²) in [6, 6.07) is 12.0. The number of rotatable bonds is 9. The highest BCUT2D eigenvalue weighted by Crippen LogP contribution is 2.46. The van der Waals surface area contributed by atoms with Gasteiger partial charge in [-0.2, -0.15) is 13.9 Å². The first-order valence-electron chi connectivity index (χ1n) is 14.0. The van der Waals surface area contributed by atoms with E-state index in [1.807, 2.05) is 0 Å². The van der Waals surface area contributed by atoms with Crippen molar-refractivity contribution in [3.63, 3.8) is 0 Å². The monoisotopic (exact) mass is 613 g/mol. The highest BCUT2D eigenvalue weighted by molar-refractivity contribution is 5.88. The number of hydrogen-bond acceptors (Lipinski definition) is 6. The Balaban J connectivity index is 0.000000834. The van der Waals surface area contributed by atoms with Crippen LogP contribution in [-0.2, 0) is 4.79 Å². The second-order valence-corrected chi connectivity index (χ2v) is 10.5. The highest BCUT2D eigenvalue weighted by Gasteiger charge is 2.35. The Labute approximate surface area is 252 Å². The third-order valence-corrected chi connectivity index (χ3v) is 7.61. The molecule has 4 aromatic rings. The molecule has 3 heterocycles. The minimum atomic E-state index is -2.74. The normalized spacial score (nSPS) is 15.7. The summed E-state index contributed by atoms with van der Waals surface area (Å²) >= 11 is 0. The van der Waals surface area contributed by atoms with Crippen LogP contribution in [0.4, 0.5) is 17.6 Å². The summed E-state index contributed by atoms with van der Waals surface area (Å²) in [5, 5.41) is 7.96. The summed E-state index contributed by atoms with van der Waals surface area (Å²) in [6.07, 6.45) is 3.78. The fraction of sp³-hybridized carbons (Fsp3) is 0.344. The molecule has 3 N–H and O–H groups in total. The third kappa shape index (κ3) is 6.95. The summed E-state index contributed by atoms with van der Waals surface area (Å²) in [5.41, 5.74) is 9.58. The van der Waals surface area contributed by atoms with Gasteiger partial charge >= 0.3 is 6.55 Å². The van der Waals surface area contributed by atoms with Crippen LogP contribution in [0.1, 0.15) is 55.0 Å². The molecule has 12 heteroatoms. The number of nitrogens with zero attached hydrogens (tertiary/aromatic N) is 3. The van der Waals surface area contributed by atoms with Crippen molar-refractivity contribution in [2.45, 2.75) is 38.2 Å². The molecule has 2 aromatic heterocycles. The number of aromatic nitrogens is 3. The number of methoxy groups -OCH3 is 1. The number of amides is 1. The Hall–Kier alpha value is -4.61. The predicted octanol–water partition coefficient (Wildman–Crippen LogP) is 6.58. The van der Waals surface area contributed by atoms with Crippen molar-refractivity contribution in [3.8, 4) is 22.8 Å². The summed E-state index contributed by atoms with van der Waals surface area (Å²) in [6.45, 7) is 4.81. The lowest BCUT2D eigenvalue weighted by molar-refractivity contribution is -0.106. The first kappa shape index (κ1) is 32.3. The van der Waals surface area contributed by atoms with Crippen LogP contribution in [0.5, 0.6) is 11.5 Å². The zero-order chi connectivity index (χ0) is 32.0. The second kappa shape index (κ2) is 14.2. The Morgan fingerprint density at radius 3 is 2.52 bits per heavy atom. The summed E-state index contributed by atoms with van der Waals surface area (Å²) < 4.78 is 61.6. The van der Waals surface area contributed by atoms with E-state index in [0.29, 0.717) is 53.3 Å². The van der Waals surface area contributed by atoms with Crippen LogP contribution in [-0.4, -0.2) is 48.6 Å². The second-order valence-electron chi connectivity index (χ2n) is 10.5. The highest BCUT2D eigenvalue weighted by atomic mass is 19.3. The van der Waals surface area contributed by atoms with E-state index in [1.165, 1.54) is 25.4 Å². The molecule has 234 valence electrons. The van der Waals surface area contributed by atoms with Crippen LogP contribution in [0, 0.1) is 11.7 Å². The number of hydrogen-bond donors (Lipinski definition) is 2. The van der Waals surface area contributed by atoms with Gasteiger partial charge in [0.15, 0.2) is 0 Å². The number of carbonyl (C=O) groups is 1. The van der Waals surface area contributed by atoms with Crippen molar-refractivity contribution < 1.29 is 31.8 Å².